The van der Waals surface area contributed by atoms with Crippen LogP contribution in [0.5, 0.6) is 0 Å². The van der Waals surface area contributed by atoms with Gasteiger partial charge in [-0.15, -0.1) is 0 Å². The molecule has 1 aromatic heterocycles. The SMILES string of the molecule is Cc1ccc(-c2cc(COC(=O)C3CC(=O)N(c4ccccc4C)C3)no2)cc1. The van der Waals surface area contributed by atoms with E-state index >= 15 is 0 Å². The lowest BCUT2D eigenvalue weighted by Crippen LogP contribution is -2.27. The summed E-state index contributed by atoms with van der Waals surface area (Å²) in [5.41, 5.74) is 4.45. The number of amides is 1. The van der Waals surface area contributed by atoms with Crippen LogP contribution in [-0.4, -0.2) is 23.6 Å². The van der Waals surface area contributed by atoms with Gasteiger partial charge in [0.05, 0.1) is 5.92 Å². The Morgan fingerprint density at radius 2 is 1.93 bits per heavy atom. The third kappa shape index (κ3) is 4.06. The number of ether oxygens (including phenoxy) is 1. The number of carbonyl (C=O) groups excluding carboxylic acids is 2. The highest BCUT2D eigenvalue weighted by Gasteiger charge is 2.36. The van der Waals surface area contributed by atoms with Crippen LogP contribution in [0.15, 0.2) is 59.1 Å². The van der Waals surface area contributed by atoms with Crippen LogP contribution in [0.25, 0.3) is 11.3 Å². The fraction of sp³-hybridized carbons (Fsp3) is 0.261. The van der Waals surface area contributed by atoms with E-state index in [1.54, 1.807) is 11.0 Å². The first kappa shape index (κ1) is 18.9. The van der Waals surface area contributed by atoms with Gasteiger partial charge in [0.15, 0.2) is 5.76 Å². The molecule has 1 atom stereocenters. The number of anilines is 1. The fourth-order valence-corrected chi connectivity index (χ4v) is 3.46. The van der Waals surface area contributed by atoms with Gasteiger partial charge in [0.25, 0.3) is 0 Å². The van der Waals surface area contributed by atoms with Crippen molar-refractivity contribution in [1.29, 1.82) is 0 Å². The Hall–Kier alpha value is -3.41. The molecule has 1 saturated heterocycles. The molecule has 29 heavy (non-hydrogen) atoms. The summed E-state index contributed by atoms with van der Waals surface area (Å²) >= 11 is 0. The topological polar surface area (TPSA) is 72.6 Å². The predicted octanol–water partition coefficient (Wildman–Crippen LogP) is 4.05. The molecule has 1 amide bonds. The molecule has 0 bridgehead atoms. The largest absolute Gasteiger partial charge is 0.459 e. The van der Waals surface area contributed by atoms with E-state index in [0.717, 1.165) is 22.4 Å². The van der Waals surface area contributed by atoms with Gasteiger partial charge in [-0.05, 0) is 25.5 Å². The molecule has 6 nitrogen and oxygen atoms in total. The molecular weight excluding hydrogens is 368 g/mol. The smallest absolute Gasteiger partial charge is 0.311 e. The number of carbonyl (C=O) groups is 2. The molecule has 0 N–H and O–H groups in total. The van der Waals surface area contributed by atoms with Crippen LogP contribution in [0.3, 0.4) is 0 Å². The van der Waals surface area contributed by atoms with E-state index < -0.39 is 11.9 Å². The third-order valence-corrected chi connectivity index (χ3v) is 5.12. The van der Waals surface area contributed by atoms with E-state index in [9.17, 15) is 9.59 Å². The van der Waals surface area contributed by atoms with Crippen LogP contribution in [-0.2, 0) is 20.9 Å². The van der Waals surface area contributed by atoms with Crippen LogP contribution in [0.2, 0.25) is 0 Å². The quantitative estimate of drug-likeness (QED) is 0.615. The number of para-hydroxylation sites is 1. The fourth-order valence-electron chi connectivity index (χ4n) is 3.46. The van der Waals surface area contributed by atoms with Gasteiger partial charge in [-0.2, -0.15) is 0 Å². The molecule has 4 rings (SSSR count). The number of aromatic nitrogens is 1. The van der Waals surface area contributed by atoms with Gasteiger partial charge in [-0.25, -0.2) is 0 Å². The lowest BCUT2D eigenvalue weighted by Gasteiger charge is -2.18. The molecule has 1 unspecified atom stereocenters. The summed E-state index contributed by atoms with van der Waals surface area (Å²) in [4.78, 5) is 26.5. The third-order valence-electron chi connectivity index (χ3n) is 5.12. The second-order valence-corrected chi connectivity index (χ2v) is 7.35. The van der Waals surface area contributed by atoms with Gasteiger partial charge in [0.1, 0.15) is 12.3 Å². The molecule has 0 aliphatic carbocycles. The Balaban J connectivity index is 1.36. The van der Waals surface area contributed by atoms with E-state index in [1.165, 1.54) is 0 Å². The number of rotatable bonds is 5. The Kier molecular flexibility index (Phi) is 5.16. The number of nitrogens with zero attached hydrogens (tertiary/aromatic N) is 2. The Morgan fingerprint density at radius 3 is 2.69 bits per heavy atom. The van der Waals surface area contributed by atoms with Crippen LogP contribution >= 0.6 is 0 Å². The van der Waals surface area contributed by atoms with E-state index in [4.69, 9.17) is 9.26 Å². The van der Waals surface area contributed by atoms with Gasteiger partial charge >= 0.3 is 5.97 Å². The minimum absolute atomic E-state index is 0.0171. The maximum atomic E-state index is 12.5. The molecule has 6 heteroatoms. The van der Waals surface area contributed by atoms with Gasteiger partial charge in [0, 0.05) is 30.3 Å². The highest BCUT2D eigenvalue weighted by Crippen LogP contribution is 2.28. The number of aryl methyl sites for hydroxylation is 2. The molecule has 2 aromatic carbocycles. The van der Waals surface area contributed by atoms with Crippen molar-refractivity contribution < 1.29 is 18.8 Å². The zero-order chi connectivity index (χ0) is 20.4. The molecule has 1 aliphatic rings. The van der Waals surface area contributed by atoms with Crippen molar-refractivity contribution in [3.8, 4) is 11.3 Å². The Morgan fingerprint density at radius 1 is 1.17 bits per heavy atom. The molecule has 1 aliphatic heterocycles. The van der Waals surface area contributed by atoms with Crippen LogP contribution in [0.1, 0.15) is 23.2 Å². The summed E-state index contributed by atoms with van der Waals surface area (Å²) in [6, 6.07) is 17.3. The lowest BCUT2D eigenvalue weighted by molar-refractivity contribution is -0.149. The van der Waals surface area contributed by atoms with E-state index in [1.807, 2.05) is 62.4 Å². The molecule has 0 saturated carbocycles. The lowest BCUT2D eigenvalue weighted by atomic mass is 10.1. The highest BCUT2D eigenvalue weighted by atomic mass is 16.5. The van der Waals surface area contributed by atoms with Crippen molar-refractivity contribution in [2.45, 2.75) is 26.9 Å². The minimum Gasteiger partial charge on any atom is -0.459 e. The zero-order valence-electron chi connectivity index (χ0n) is 16.4. The number of benzene rings is 2. The molecular formula is C23H22N2O4. The normalized spacial score (nSPS) is 16.3. The van der Waals surface area contributed by atoms with Crippen molar-refractivity contribution in [2.75, 3.05) is 11.4 Å². The average molecular weight is 390 g/mol. The number of esters is 1. The van der Waals surface area contributed by atoms with Gasteiger partial charge in [-0.3, -0.25) is 9.59 Å². The summed E-state index contributed by atoms with van der Waals surface area (Å²) in [7, 11) is 0. The summed E-state index contributed by atoms with van der Waals surface area (Å²) in [5, 5.41) is 3.97. The van der Waals surface area contributed by atoms with Gasteiger partial charge < -0.3 is 14.2 Å². The Labute approximate surface area is 169 Å². The van der Waals surface area contributed by atoms with Gasteiger partial charge in [-0.1, -0.05) is 53.2 Å². The Bertz CT molecular complexity index is 1040. The maximum Gasteiger partial charge on any atom is 0.311 e. The minimum atomic E-state index is -0.481. The second kappa shape index (κ2) is 7.91. The molecule has 2 heterocycles. The first-order chi connectivity index (χ1) is 14.0. The first-order valence-electron chi connectivity index (χ1n) is 9.56. The number of hydrogen-bond acceptors (Lipinski definition) is 5. The maximum absolute atomic E-state index is 12.5. The molecule has 0 spiro atoms. The first-order valence-corrected chi connectivity index (χ1v) is 9.56. The molecule has 0 radical (unpaired) electrons. The predicted molar refractivity (Wildman–Crippen MR) is 108 cm³/mol. The van der Waals surface area contributed by atoms with Crippen molar-refractivity contribution in [2.24, 2.45) is 5.92 Å². The second-order valence-electron chi connectivity index (χ2n) is 7.35. The van der Waals surface area contributed by atoms with E-state index in [-0.39, 0.29) is 18.9 Å². The zero-order valence-corrected chi connectivity index (χ0v) is 16.4. The average Bonchev–Trinajstić information content (AvgIpc) is 3.34. The molecule has 148 valence electrons. The number of hydrogen-bond donors (Lipinski definition) is 0. The summed E-state index contributed by atoms with van der Waals surface area (Å²) < 4.78 is 10.8. The van der Waals surface area contributed by atoms with Crippen LogP contribution in [0, 0.1) is 19.8 Å². The standard InChI is InChI=1S/C23H22N2O4/c1-15-7-9-17(10-8-15)21-12-19(24-29-21)14-28-23(27)18-11-22(26)25(13-18)20-6-4-3-5-16(20)2/h3-10,12,18H,11,13-14H2,1-2H3. The summed E-state index contributed by atoms with van der Waals surface area (Å²) in [6.45, 7) is 4.31. The van der Waals surface area contributed by atoms with Gasteiger partial charge in [0.2, 0.25) is 5.91 Å². The van der Waals surface area contributed by atoms with E-state index in [2.05, 4.69) is 5.16 Å². The van der Waals surface area contributed by atoms with E-state index in [0.29, 0.717) is 18.0 Å². The van der Waals surface area contributed by atoms with Crippen LogP contribution < -0.4 is 4.90 Å². The van der Waals surface area contributed by atoms with Crippen molar-refractivity contribution in [1.82, 2.24) is 5.16 Å². The van der Waals surface area contributed by atoms with Crippen LogP contribution in [0.4, 0.5) is 5.69 Å². The van der Waals surface area contributed by atoms with Crippen molar-refractivity contribution >= 4 is 17.6 Å². The summed E-state index contributed by atoms with van der Waals surface area (Å²) in [5.74, 6) is -0.318. The highest BCUT2D eigenvalue weighted by molar-refractivity contribution is 6.00. The molecule has 1 fully saturated rings. The van der Waals surface area contributed by atoms with Crippen molar-refractivity contribution in [3.05, 3.63) is 71.4 Å². The summed E-state index contributed by atoms with van der Waals surface area (Å²) in [6.07, 6.45) is 0.153. The monoisotopic (exact) mass is 390 g/mol. The van der Waals surface area contributed by atoms with Crippen molar-refractivity contribution in [3.63, 3.8) is 0 Å². The molecule has 3 aromatic rings.